The highest BCUT2D eigenvalue weighted by Gasteiger charge is 2.31. The first-order valence-electron chi connectivity index (χ1n) is 10.8. The highest BCUT2D eigenvalue weighted by atomic mass is 16.6. The van der Waals surface area contributed by atoms with E-state index in [4.69, 9.17) is 14.2 Å². The second-order valence-corrected chi connectivity index (χ2v) is 7.62. The number of amides is 1. The van der Waals surface area contributed by atoms with E-state index in [1.165, 1.54) is 14.2 Å². The van der Waals surface area contributed by atoms with Crippen LogP contribution in [0.3, 0.4) is 0 Å². The number of ether oxygens (including phenoxy) is 3. The van der Waals surface area contributed by atoms with E-state index >= 15 is 0 Å². The lowest BCUT2D eigenvalue weighted by Crippen LogP contribution is -2.42. The van der Waals surface area contributed by atoms with Crippen molar-refractivity contribution in [2.24, 2.45) is 0 Å². The molecule has 0 saturated carbocycles. The van der Waals surface area contributed by atoms with Crippen LogP contribution in [0.4, 0.5) is 0 Å². The van der Waals surface area contributed by atoms with E-state index in [2.05, 4.69) is 5.32 Å². The van der Waals surface area contributed by atoms with Gasteiger partial charge in [0.25, 0.3) is 5.91 Å². The first-order chi connectivity index (χ1) is 16.0. The van der Waals surface area contributed by atoms with Crippen LogP contribution in [0.5, 0.6) is 0 Å². The molecule has 1 amide bonds. The monoisotopic (exact) mass is 447 g/mol. The highest BCUT2D eigenvalue weighted by Crippen LogP contribution is 2.27. The number of benzene rings is 3. The van der Waals surface area contributed by atoms with E-state index in [1.807, 2.05) is 78.9 Å². The Morgan fingerprint density at radius 3 is 1.55 bits per heavy atom. The predicted octanol–water partition coefficient (Wildman–Crippen LogP) is 4.55. The van der Waals surface area contributed by atoms with Gasteiger partial charge >= 0.3 is 5.97 Å². The molecule has 3 aromatic rings. The summed E-state index contributed by atoms with van der Waals surface area (Å²) in [6, 6.07) is 27.2. The Hall–Kier alpha value is -3.48. The van der Waals surface area contributed by atoms with Gasteiger partial charge in [-0.15, -0.1) is 0 Å². The fourth-order valence-electron chi connectivity index (χ4n) is 3.68. The van der Waals surface area contributed by atoms with Gasteiger partial charge in [-0.1, -0.05) is 91.0 Å². The predicted molar refractivity (Wildman–Crippen MR) is 125 cm³/mol. The lowest BCUT2D eigenvalue weighted by Gasteiger charge is -2.28. The minimum absolute atomic E-state index is 0.320. The van der Waals surface area contributed by atoms with Crippen LogP contribution in [0.25, 0.3) is 0 Å². The summed E-state index contributed by atoms with van der Waals surface area (Å²) >= 11 is 0. The maximum atomic E-state index is 13.1. The third-order valence-electron chi connectivity index (χ3n) is 5.32. The van der Waals surface area contributed by atoms with Crippen molar-refractivity contribution in [3.05, 3.63) is 108 Å². The van der Waals surface area contributed by atoms with Crippen LogP contribution >= 0.6 is 0 Å². The van der Waals surface area contributed by atoms with E-state index in [1.54, 1.807) is 19.1 Å². The summed E-state index contributed by atoms with van der Waals surface area (Å²) in [6.45, 7) is 1.80. The van der Waals surface area contributed by atoms with Crippen molar-refractivity contribution in [2.75, 3.05) is 14.2 Å². The average molecular weight is 448 g/mol. The molecule has 4 atom stereocenters. The van der Waals surface area contributed by atoms with Gasteiger partial charge in [-0.2, -0.15) is 0 Å². The number of esters is 1. The van der Waals surface area contributed by atoms with E-state index in [0.717, 1.165) is 11.1 Å². The van der Waals surface area contributed by atoms with Gasteiger partial charge < -0.3 is 19.5 Å². The van der Waals surface area contributed by atoms with Crippen LogP contribution in [0.15, 0.2) is 91.0 Å². The van der Waals surface area contributed by atoms with Crippen LogP contribution in [-0.4, -0.2) is 32.1 Å². The van der Waals surface area contributed by atoms with E-state index < -0.39 is 30.3 Å². The summed E-state index contributed by atoms with van der Waals surface area (Å²) in [7, 11) is 2.95. The highest BCUT2D eigenvalue weighted by molar-refractivity contribution is 5.82. The zero-order valence-corrected chi connectivity index (χ0v) is 19.0. The van der Waals surface area contributed by atoms with Crippen molar-refractivity contribution >= 4 is 11.9 Å². The van der Waals surface area contributed by atoms with E-state index in [-0.39, 0.29) is 5.91 Å². The maximum Gasteiger partial charge on any atom is 0.340 e. The van der Waals surface area contributed by atoms with Crippen molar-refractivity contribution in [3.63, 3.8) is 0 Å². The van der Waals surface area contributed by atoms with Gasteiger partial charge in [-0.3, -0.25) is 4.79 Å². The lowest BCUT2D eigenvalue weighted by molar-refractivity contribution is -0.164. The molecule has 0 aromatic heterocycles. The molecule has 0 aliphatic rings. The Labute approximate surface area is 194 Å². The van der Waals surface area contributed by atoms with Crippen molar-refractivity contribution in [3.8, 4) is 0 Å². The van der Waals surface area contributed by atoms with Gasteiger partial charge in [0.2, 0.25) is 0 Å². The largest absolute Gasteiger partial charge is 0.453 e. The quantitative estimate of drug-likeness (QED) is 0.462. The lowest BCUT2D eigenvalue weighted by atomic mass is 10.0. The van der Waals surface area contributed by atoms with Crippen LogP contribution in [0, 0.1) is 0 Å². The minimum atomic E-state index is -0.878. The summed E-state index contributed by atoms with van der Waals surface area (Å²) < 4.78 is 16.8. The first-order valence-corrected chi connectivity index (χ1v) is 10.8. The van der Waals surface area contributed by atoms with Crippen molar-refractivity contribution in [1.82, 2.24) is 5.32 Å². The van der Waals surface area contributed by atoms with Crippen LogP contribution in [0.1, 0.15) is 41.9 Å². The summed E-state index contributed by atoms with van der Waals surface area (Å²) in [5, 5.41) is 2.95. The van der Waals surface area contributed by atoms with Crippen molar-refractivity contribution in [2.45, 2.75) is 31.3 Å². The number of rotatable bonds is 10. The SMILES string of the molecule is CO[C@@H](C(=O)N[C@H](C)[C@H](OC(=O)[C@H](OC)c1ccccc1)c1ccccc1)c1ccccc1. The Morgan fingerprint density at radius 2 is 1.09 bits per heavy atom. The van der Waals surface area contributed by atoms with Gasteiger partial charge in [-0.25, -0.2) is 4.79 Å². The second kappa shape index (κ2) is 11.9. The molecule has 3 aromatic carbocycles. The normalized spacial score (nSPS) is 14.5. The minimum Gasteiger partial charge on any atom is -0.453 e. The molecule has 0 saturated heterocycles. The number of hydrogen-bond donors (Lipinski definition) is 1. The van der Waals surface area contributed by atoms with E-state index in [0.29, 0.717) is 5.56 Å². The smallest absolute Gasteiger partial charge is 0.340 e. The number of carbonyl (C=O) groups excluding carboxylic acids is 2. The third-order valence-corrected chi connectivity index (χ3v) is 5.32. The summed E-state index contributed by atoms with van der Waals surface area (Å²) in [6.07, 6.45) is -2.38. The molecule has 33 heavy (non-hydrogen) atoms. The van der Waals surface area contributed by atoms with Crippen molar-refractivity contribution in [1.29, 1.82) is 0 Å². The van der Waals surface area contributed by atoms with E-state index in [9.17, 15) is 9.59 Å². The van der Waals surface area contributed by atoms with Crippen molar-refractivity contribution < 1.29 is 23.8 Å². The fraction of sp³-hybridized carbons (Fsp3) is 0.259. The molecule has 0 unspecified atom stereocenters. The molecule has 6 nitrogen and oxygen atoms in total. The third kappa shape index (κ3) is 6.28. The van der Waals surface area contributed by atoms with Crippen LogP contribution in [0.2, 0.25) is 0 Å². The molecule has 0 radical (unpaired) electrons. The molecule has 0 spiro atoms. The standard InChI is InChI=1S/C27H29NO5/c1-19(28-26(29)24(31-2)21-15-9-5-10-16-21)23(20-13-7-4-8-14-20)33-27(30)25(32-3)22-17-11-6-12-18-22/h4-19,23-25H,1-3H3,(H,28,29)/t19-,23+,24-,25-/m1/s1. The summed E-state index contributed by atoms with van der Waals surface area (Å²) in [5.41, 5.74) is 2.19. The number of methoxy groups -OCH3 is 2. The van der Waals surface area contributed by atoms with Gasteiger partial charge in [0.05, 0.1) is 6.04 Å². The molecule has 3 rings (SSSR count). The number of carbonyl (C=O) groups is 2. The molecule has 0 aliphatic carbocycles. The Morgan fingerprint density at radius 1 is 0.667 bits per heavy atom. The van der Waals surface area contributed by atoms with Gasteiger partial charge in [0, 0.05) is 14.2 Å². The number of hydrogen-bond acceptors (Lipinski definition) is 5. The molecule has 1 N–H and O–H groups in total. The Bertz CT molecular complexity index is 1010. The molecule has 0 heterocycles. The first kappa shape index (κ1) is 24.2. The fourth-order valence-corrected chi connectivity index (χ4v) is 3.68. The molecule has 6 heteroatoms. The number of nitrogens with one attached hydrogen (secondary N) is 1. The Kier molecular flexibility index (Phi) is 8.75. The second-order valence-electron chi connectivity index (χ2n) is 7.62. The van der Waals surface area contributed by atoms with Gasteiger partial charge in [0.15, 0.2) is 12.2 Å². The van der Waals surface area contributed by atoms with Crippen LogP contribution < -0.4 is 5.32 Å². The zero-order chi connectivity index (χ0) is 23.6. The maximum absolute atomic E-state index is 13.1. The van der Waals surface area contributed by atoms with Gasteiger partial charge in [0.1, 0.15) is 6.10 Å². The summed E-state index contributed by atoms with van der Waals surface area (Å²) in [5.74, 6) is -0.857. The topological polar surface area (TPSA) is 73.9 Å². The molecule has 0 aliphatic heterocycles. The summed E-state index contributed by atoms with van der Waals surface area (Å²) in [4.78, 5) is 26.1. The van der Waals surface area contributed by atoms with Crippen LogP contribution in [-0.2, 0) is 23.8 Å². The molecular formula is C27H29NO5. The molecular weight excluding hydrogens is 418 g/mol. The Balaban J connectivity index is 1.80. The molecule has 172 valence electrons. The molecule has 0 fully saturated rings. The average Bonchev–Trinajstić information content (AvgIpc) is 2.85. The van der Waals surface area contributed by atoms with Gasteiger partial charge in [-0.05, 0) is 23.6 Å². The zero-order valence-electron chi connectivity index (χ0n) is 19.0. The molecule has 0 bridgehead atoms.